The summed E-state index contributed by atoms with van der Waals surface area (Å²) in [5, 5.41) is 3.70. The Morgan fingerprint density at radius 2 is 1.94 bits per heavy atom. The van der Waals surface area contributed by atoms with Crippen LogP contribution in [0.4, 0.5) is 0 Å². The fourth-order valence-corrected chi connectivity index (χ4v) is 4.53. The molecule has 0 aliphatic heterocycles. The lowest BCUT2D eigenvalue weighted by atomic mass is 9.84. The molecule has 0 saturated heterocycles. The summed E-state index contributed by atoms with van der Waals surface area (Å²) in [5.41, 5.74) is 0. The maximum Gasteiger partial charge on any atom is 0.0509 e. The van der Waals surface area contributed by atoms with E-state index in [0.717, 1.165) is 12.3 Å². The monoisotopic (exact) mass is 245 g/mol. The fourth-order valence-electron chi connectivity index (χ4n) is 2.60. The Hall–Kier alpha value is 0.110. The normalized spacial score (nSPS) is 33.7. The highest BCUT2D eigenvalue weighted by molar-refractivity contribution is 7.87. The molecule has 96 valence electrons. The molecule has 4 unspecified atom stereocenters. The van der Waals surface area contributed by atoms with Crippen LogP contribution >= 0.6 is 0 Å². The van der Waals surface area contributed by atoms with Crippen molar-refractivity contribution in [3.8, 4) is 0 Å². The van der Waals surface area contributed by atoms with Gasteiger partial charge in [0.05, 0.1) is 5.25 Å². The van der Waals surface area contributed by atoms with Crippen LogP contribution in [0.1, 0.15) is 53.4 Å². The van der Waals surface area contributed by atoms with Gasteiger partial charge >= 0.3 is 0 Å². The van der Waals surface area contributed by atoms with Crippen molar-refractivity contribution in [2.24, 2.45) is 5.92 Å². The van der Waals surface area contributed by atoms with E-state index in [-0.39, 0.29) is 4.75 Å². The second kappa shape index (κ2) is 5.63. The lowest BCUT2D eigenvalue weighted by molar-refractivity contribution is 0.299. The van der Waals surface area contributed by atoms with Crippen LogP contribution in [0.15, 0.2) is 0 Å². The van der Waals surface area contributed by atoms with Crippen molar-refractivity contribution in [3.63, 3.8) is 0 Å². The molecule has 16 heavy (non-hydrogen) atoms. The van der Waals surface area contributed by atoms with Crippen molar-refractivity contribution in [1.82, 2.24) is 5.32 Å². The maximum absolute atomic E-state index is 12.5. The first-order valence-electron chi connectivity index (χ1n) is 6.48. The minimum absolute atomic E-state index is 0.0879. The number of hydrogen-bond acceptors (Lipinski definition) is 2. The summed E-state index contributed by atoms with van der Waals surface area (Å²) in [6.07, 6.45) is 4.83. The molecular weight excluding hydrogens is 218 g/mol. The number of nitrogens with one attached hydrogen (secondary N) is 1. The summed E-state index contributed by atoms with van der Waals surface area (Å²) in [6, 6.07) is 0.447. The first-order chi connectivity index (χ1) is 7.40. The minimum atomic E-state index is -0.739. The van der Waals surface area contributed by atoms with Gasteiger partial charge < -0.3 is 5.32 Å². The molecule has 2 nitrogen and oxygen atoms in total. The first kappa shape index (κ1) is 14.2. The van der Waals surface area contributed by atoms with E-state index >= 15 is 0 Å². The van der Waals surface area contributed by atoms with E-state index < -0.39 is 10.8 Å². The molecular formula is C13H27NOS. The van der Waals surface area contributed by atoms with E-state index in [4.69, 9.17) is 0 Å². The van der Waals surface area contributed by atoms with E-state index in [1.54, 1.807) is 0 Å². The predicted octanol–water partition coefficient (Wildman–Crippen LogP) is 2.70. The largest absolute Gasteiger partial charge is 0.316 e. The van der Waals surface area contributed by atoms with Crippen molar-refractivity contribution in [3.05, 3.63) is 0 Å². The molecule has 1 aliphatic rings. The van der Waals surface area contributed by atoms with Crippen LogP contribution in [0.5, 0.6) is 0 Å². The third-order valence-corrected chi connectivity index (χ3v) is 6.01. The highest BCUT2D eigenvalue weighted by Gasteiger charge is 2.37. The molecule has 0 radical (unpaired) electrons. The van der Waals surface area contributed by atoms with Gasteiger partial charge in [0.25, 0.3) is 0 Å². The Labute approximate surface area is 103 Å². The van der Waals surface area contributed by atoms with Gasteiger partial charge in [0.1, 0.15) is 0 Å². The Bertz CT molecular complexity index is 247. The van der Waals surface area contributed by atoms with Crippen LogP contribution < -0.4 is 5.32 Å². The predicted molar refractivity (Wildman–Crippen MR) is 72.2 cm³/mol. The average Bonchev–Trinajstić information content (AvgIpc) is 2.25. The van der Waals surface area contributed by atoms with Crippen molar-refractivity contribution < 1.29 is 4.21 Å². The molecule has 0 amide bonds. The molecule has 0 aromatic heterocycles. The molecule has 1 fully saturated rings. The molecule has 1 aliphatic carbocycles. The van der Waals surface area contributed by atoms with E-state index in [0.29, 0.717) is 11.3 Å². The van der Waals surface area contributed by atoms with Crippen molar-refractivity contribution in [2.75, 3.05) is 7.05 Å². The quantitative estimate of drug-likeness (QED) is 0.828. The van der Waals surface area contributed by atoms with Gasteiger partial charge in [-0.05, 0) is 53.0 Å². The Balaban J connectivity index is 2.76. The molecule has 3 heteroatoms. The SMILES string of the molecule is CCC1CCC(NC)C(S(=O)C(C)(C)C)C1. The lowest BCUT2D eigenvalue weighted by Gasteiger charge is -2.38. The van der Waals surface area contributed by atoms with E-state index in [2.05, 4.69) is 33.0 Å². The summed E-state index contributed by atoms with van der Waals surface area (Å²) < 4.78 is 12.4. The van der Waals surface area contributed by atoms with Crippen LogP contribution in [0, 0.1) is 5.92 Å². The van der Waals surface area contributed by atoms with Crippen LogP contribution in [0.25, 0.3) is 0 Å². The smallest absolute Gasteiger partial charge is 0.0509 e. The molecule has 0 bridgehead atoms. The minimum Gasteiger partial charge on any atom is -0.316 e. The molecule has 1 N–H and O–H groups in total. The maximum atomic E-state index is 12.5. The highest BCUT2D eigenvalue weighted by Crippen LogP contribution is 2.33. The molecule has 1 saturated carbocycles. The van der Waals surface area contributed by atoms with Gasteiger partial charge in [-0.15, -0.1) is 0 Å². The molecule has 0 aromatic carbocycles. The van der Waals surface area contributed by atoms with Crippen LogP contribution in [0.2, 0.25) is 0 Å². The van der Waals surface area contributed by atoms with Gasteiger partial charge in [0.2, 0.25) is 0 Å². The van der Waals surface area contributed by atoms with Gasteiger partial charge in [-0.3, -0.25) is 4.21 Å². The highest BCUT2D eigenvalue weighted by atomic mass is 32.2. The summed E-state index contributed by atoms with van der Waals surface area (Å²) in [4.78, 5) is 0. The van der Waals surface area contributed by atoms with Gasteiger partial charge in [-0.1, -0.05) is 13.3 Å². The van der Waals surface area contributed by atoms with E-state index in [9.17, 15) is 4.21 Å². The zero-order chi connectivity index (χ0) is 12.3. The molecule has 0 aromatic rings. The van der Waals surface area contributed by atoms with Gasteiger partial charge in [-0.2, -0.15) is 0 Å². The van der Waals surface area contributed by atoms with Crippen molar-refractivity contribution in [1.29, 1.82) is 0 Å². The molecule has 4 atom stereocenters. The topological polar surface area (TPSA) is 29.1 Å². The van der Waals surface area contributed by atoms with Crippen molar-refractivity contribution >= 4 is 10.8 Å². The van der Waals surface area contributed by atoms with Gasteiger partial charge in [0.15, 0.2) is 0 Å². The number of rotatable bonds is 3. The molecule has 0 spiro atoms. The second-order valence-electron chi connectivity index (χ2n) is 5.93. The second-order valence-corrected chi connectivity index (χ2v) is 8.36. The Morgan fingerprint density at radius 3 is 2.38 bits per heavy atom. The molecule has 0 heterocycles. The van der Waals surface area contributed by atoms with Crippen LogP contribution in [-0.2, 0) is 10.8 Å². The van der Waals surface area contributed by atoms with Crippen LogP contribution in [0.3, 0.4) is 0 Å². The van der Waals surface area contributed by atoms with Gasteiger partial charge in [-0.25, -0.2) is 0 Å². The van der Waals surface area contributed by atoms with E-state index in [1.807, 2.05) is 7.05 Å². The lowest BCUT2D eigenvalue weighted by Crippen LogP contribution is -2.48. The van der Waals surface area contributed by atoms with Crippen molar-refractivity contribution in [2.45, 2.75) is 69.4 Å². The standard InChI is InChI=1S/C13H27NOS/c1-6-10-7-8-11(14-5)12(9-10)16(15)13(2,3)4/h10-12,14H,6-9H2,1-5H3. The average molecular weight is 245 g/mol. The third-order valence-electron chi connectivity index (χ3n) is 3.73. The summed E-state index contributed by atoms with van der Waals surface area (Å²) in [7, 11) is 1.27. The van der Waals surface area contributed by atoms with E-state index in [1.165, 1.54) is 19.3 Å². The summed E-state index contributed by atoms with van der Waals surface area (Å²) in [5.74, 6) is 0.779. The molecule has 1 rings (SSSR count). The summed E-state index contributed by atoms with van der Waals surface area (Å²) in [6.45, 7) is 8.52. The Morgan fingerprint density at radius 1 is 1.31 bits per heavy atom. The Kier molecular flexibility index (Phi) is 4.99. The third kappa shape index (κ3) is 3.30. The zero-order valence-electron chi connectivity index (χ0n) is 11.4. The van der Waals surface area contributed by atoms with Gasteiger partial charge in [0, 0.05) is 21.6 Å². The number of hydrogen-bond donors (Lipinski definition) is 1. The van der Waals surface area contributed by atoms with Crippen LogP contribution in [-0.4, -0.2) is 27.3 Å². The first-order valence-corrected chi connectivity index (χ1v) is 7.69. The zero-order valence-corrected chi connectivity index (χ0v) is 12.2. The summed E-state index contributed by atoms with van der Waals surface area (Å²) >= 11 is 0. The fraction of sp³-hybridized carbons (Fsp3) is 1.00.